The number of rotatable bonds is 4. The van der Waals surface area contributed by atoms with E-state index in [0.29, 0.717) is 12.6 Å². The minimum atomic E-state index is -0.204. The Labute approximate surface area is 98.1 Å². The van der Waals surface area contributed by atoms with Crippen LogP contribution in [0, 0.1) is 5.41 Å². The van der Waals surface area contributed by atoms with E-state index in [4.69, 9.17) is 4.74 Å². The monoisotopic (exact) mass is 225 g/mol. The molecule has 3 nitrogen and oxygen atoms in total. The summed E-state index contributed by atoms with van der Waals surface area (Å²) in [5.41, 5.74) is -0.204. The summed E-state index contributed by atoms with van der Waals surface area (Å²) in [6.45, 7) is 5.71. The molecule has 0 saturated carbocycles. The lowest BCUT2D eigenvalue weighted by Crippen LogP contribution is -2.46. The second-order valence-electron chi connectivity index (χ2n) is 5.31. The van der Waals surface area contributed by atoms with Gasteiger partial charge in [0.1, 0.15) is 6.29 Å². The van der Waals surface area contributed by atoms with E-state index in [2.05, 4.69) is 11.8 Å². The van der Waals surface area contributed by atoms with E-state index in [-0.39, 0.29) is 5.41 Å². The quantitative estimate of drug-likeness (QED) is 0.684. The molecular weight excluding hydrogens is 202 g/mol. The topological polar surface area (TPSA) is 29.5 Å². The van der Waals surface area contributed by atoms with Crippen LogP contribution in [0.3, 0.4) is 0 Å². The largest absolute Gasteiger partial charge is 0.380 e. The van der Waals surface area contributed by atoms with Gasteiger partial charge in [-0.1, -0.05) is 13.3 Å². The predicted molar refractivity (Wildman–Crippen MR) is 63.4 cm³/mol. The highest BCUT2D eigenvalue weighted by Gasteiger charge is 2.38. The van der Waals surface area contributed by atoms with Gasteiger partial charge < -0.3 is 9.53 Å². The van der Waals surface area contributed by atoms with E-state index in [0.717, 1.165) is 32.4 Å². The molecule has 3 heteroatoms. The molecule has 2 aliphatic rings. The van der Waals surface area contributed by atoms with Gasteiger partial charge in [0.2, 0.25) is 0 Å². The lowest BCUT2D eigenvalue weighted by molar-refractivity contribution is -0.118. The van der Waals surface area contributed by atoms with Gasteiger partial charge in [0, 0.05) is 19.2 Å². The summed E-state index contributed by atoms with van der Waals surface area (Å²) in [4.78, 5) is 13.8. The van der Waals surface area contributed by atoms with Crippen LogP contribution in [0.4, 0.5) is 0 Å². The van der Waals surface area contributed by atoms with Crippen molar-refractivity contribution in [1.29, 1.82) is 0 Å². The van der Waals surface area contributed by atoms with Crippen molar-refractivity contribution in [1.82, 2.24) is 4.90 Å². The first kappa shape index (κ1) is 12.1. The number of aldehydes is 1. The van der Waals surface area contributed by atoms with Gasteiger partial charge in [0.15, 0.2) is 0 Å². The van der Waals surface area contributed by atoms with E-state index in [9.17, 15) is 4.79 Å². The zero-order chi connectivity index (χ0) is 11.4. The molecule has 0 amide bonds. The van der Waals surface area contributed by atoms with Crippen LogP contribution in [0.15, 0.2) is 0 Å². The van der Waals surface area contributed by atoms with Crippen LogP contribution in [0.1, 0.15) is 39.0 Å². The van der Waals surface area contributed by atoms with E-state index in [1.54, 1.807) is 0 Å². The normalized spacial score (nSPS) is 36.4. The highest BCUT2D eigenvalue weighted by Crippen LogP contribution is 2.30. The zero-order valence-corrected chi connectivity index (χ0v) is 10.3. The molecular formula is C13H23NO2. The molecule has 2 saturated heterocycles. The molecule has 0 spiro atoms. The Morgan fingerprint density at radius 2 is 2.38 bits per heavy atom. The van der Waals surface area contributed by atoms with Crippen LogP contribution >= 0.6 is 0 Å². The van der Waals surface area contributed by atoms with Crippen LogP contribution in [-0.2, 0) is 9.53 Å². The van der Waals surface area contributed by atoms with Crippen LogP contribution in [0.5, 0.6) is 0 Å². The Morgan fingerprint density at radius 1 is 1.50 bits per heavy atom. The maximum Gasteiger partial charge on any atom is 0.129 e. The van der Waals surface area contributed by atoms with Crippen molar-refractivity contribution in [2.24, 2.45) is 5.41 Å². The fraction of sp³-hybridized carbons (Fsp3) is 0.923. The maximum atomic E-state index is 11.3. The Balaban J connectivity index is 1.97. The molecule has 0 aromatic heterocycles. The molecule has 2 atom stereocenters. The van der Waals surface area contributed by atoms with Crippen molar-refractivity contribution >= 4 is 6.29 Å². The van der Waals surface area contributed by atoms with E-state index in [1.165, 1.54) is 25.7 Å². The van der Waals surface area contributed by atoms with Crippen LogP contribution in [0.25, 0.3) is 0 Å². The Kier molecular flexibility index (Phi) is 3.98. The summed E-state index contributed by atoms with van der Waals surface area (Å²) in [7, 11) is 0. The molecule has 2 aliphatic heterocycles. The first-order chi connectivity index (χ1) is 7.79. The van der Waals surface area contributed by atoms with Gasteiger partial charge >= 0.3 is 0 Å². The third-order valence-corrected chi connectivity index (χ3v) is 4.12. The molecule has 2 fully saturated rings. The zero-order valence-electron chi connectivity index (χ0n) is 10.3. The maximum absolute atomic E-state index is 11.3. The minimum absolute atomic E-state index is 0.204. The number of likely N-dealkylation sites (tertiary alicyclic amines) is 1. The van der Waals surface area contributed by atoms with E-state index in [1.807, 2.05) is 0 Å². The molecule has 2 unspecified atom stereocenters. The molecule has 0 aromatic rings. The SMILES string of the molecule is CCC1CCCCN1CC1(C=O)CCOC1. The summed E-state index contributed by atoms with van der Waals surface area (Å²) in [5, 5.41) is 0. The Morgan fingerprint density at radius 3 is 3.00 bits per heavy atom. The number of carbonyl (C=O) groups is 1. The van der Waals surface area contributed by atoms with Crippen molar-refractivity contribution in [2.45, 2.75) is 45.1 Å². The number of piperidine rings is 1. The molecule has 0 bridgehead atoms. The lowest BCUT2D eigenvalue weighted by atomic mass is 9.86. The standard InChI is InChI=1S/C13H23NO2/c1-2-12-5-3-4-7-14(12)9-13(10-15)6-8-16-11-13/h10,12H,2-9,11H2,1H3. The lowest BCUT2D eigenvalue weighted by Gasteiger charge is -2.39. The molecule has 0 aliphatic carbocycles. The van der Waals surface area contributed by atoms with Gasteiger partial charge in [-0.05, 0) is 32.2 Å². The third-order valence-electron chi connectivity index (χ3n) is 4.12. The molecule has 2 rings (SSSR count). The fourth-order valence-corrected chi connectivity index (χ4v) is 3.01. The van der Waals surface area contributed by atoms with Crippen LogP contribution < -0.4 is 0 Å². The van der Waals surface area contributed by atoms with Gasteiger partial charge in [0.25, 0.3) is 0 Å². The summed E-state index contributed by atoms with van der Waals surface area (Å²) in [6, 6.07) is 0.686. The van der Waals surface area contributed by atoms with Crippen molar-refractivity contribution in [3.8, 4) is 0 Å². The predicted octanol–water partition coefficient (Wildman–Crippen LogP) is 1.86. The Bertz CT molecular complexity index is 236. The summed E-state index contributed by atoms with van der Waals surface area (Å²) >= 11 is 0. The second-order valence-corrected chi connectivity index (χ2v) is 5.31. The number of carbonyl (C=O) groups excluding carboxylic acids is 1. The molecule has 0 radical (unpaired) electrons. The smallest absolute Gasteiger partial charge is 0.129 e. The van der Waals surface area contributed by atoms with Crippen molar-refractivity contribution in [3.05, 3.63) is 0 Å². The first-order valence-corrected chi connectivity index (χ1v) is 6.58. The first-order valence-electron chi connectivity index (χ1n) is 6.58. The number of hydrogen-bond donors (Lipinski definition) is 0. The van der Waals surface area contributed by atoms with Crippen LogP contribution in [0.2, 0.25) is 0 Å². The molecule has 0 N–H and O–H groups in total. The molecule has 0 aromatic carbocycles. The van der Waals surface area contributed by atoms with E-state index >= 15 is 0 Å². The summed E-state index contributed by atoms with van der Waals surface area (Å²) in [5.74, 6) is 0. The number of ether oxygens (including phenoxy) is 1. The van der Waals surface area contributed by atoms with Crippen molar-refractivity contribution in [2.75, 3.05) is 26.3 Å². The van der Waals surface area contributed by atoms with Gasteiger partial charge in [0.05, 0.1) is 12.0 Å². The minimum Gasteiger partial charge on any atom is -0.380 e. The highest BCUT2D eigenvalue weighted by molar-refractivity contribution is 5.60. The summed E-state index contributed by atoms with van der Waals surface area (Å²) < 4.78 is 5.40. The van der Waals surface area contributed by atoms with E-state index < -0.39 is 0 Å². The third kappa shape index (κ3) is 2.46. The second kappa shape index (κ2) is 5.28. The van der Waals surface area contributed by atoms with Crippen molar-refractivity contribution < 1.29 is 9.53 Å². The Hall–Kier alpha value is -0.410. The van der Waals surface area contributed by atoms with Gasteiger partial charge in [-0.15, -0.1) is 0 Å². The van der Waals surface area contributed by atoms with Gasteiger partial charge in [-0.25, -0.2) is 0 Å². The fourth-order valence-electron chi connectivity index (χ4n) is 3.01. The molecule has 92 valence electrons. The molecule has 16 heavy (non-hydrogen) atoms. The average Bonchev–Trinajstić information content (AvgIpc) is 2.79. The number of nitrogens with zero attached hydrogens (tertiary/aromatic N) is 1. The van der Waals surface area contributed by atoms with Gasteiger partial charge in [-0.2, -0.15) is 0 Å². The van der Waals surface area contributed by atoms with Crippen molar-refractivity contribution in [3.63, 3.8) is 0 Å². The highest BCUT2D eigenvalue weighted by atomic mass is 16.5. The van der Waals surface area contributed by atoms with Crippen LogP contribution in [-0.4, -0.2) is 43.5 Å². The van der Waals surface area contributed by atoms with Gasteiger partial charge in [-0.3, -0.25) is 4.90 Å². The molecule has 2 heterocycles. The number of hydrogen-bond acceptors (Lipinski definition) is 3. The average molecular weight is 225 g/mol. The summed E-state index contributed by atoms with van der Waals surface area (Å²) in [6.07, 6.45) is 7.18.